The number of carbonyl (C=O) groups is 2. The Balaban J connectivity index is 0.000000275. The summed E-state index contributed by atoms with van der Waals surface area (Å²) in [6, 6.07) is 10.2. The Kier molecular flexibility index (Phi) is 7.53. The summed E-state index contributed by atoms with van der Waals surface area (Å²) in [7, 11) is 0. The Morgan fingerprint density at radius 3 is 2.19 bits per heavy atom. The third-order valence-electron chi connectivity index (χ3n) is 4.95. The molecular weight excluding hydrogens is 473 g/mol. The quantitative estimate of drug-likeness (QED) is 0.204. The number of nitrogen functional groups attached to an aromatic ring is 1. The van der Waals surface area contributed by atoms with Gasteiger partial charge in [0.05, 0.1) is 22.3 Å². The summed E-state index contributed by atoms with van der Waals surface area (Å²) in [5.74, 6) is 2.87. The first-order chi connectivity index (χ1) is 17.2. The van der Waals surface area contributed by atoms with Crippen LogP contribution in [0.15, 0.2) is 59.8 Å². The summed E-state index contributed by atoms with van der Waals surface area (Å²) in [5, 5.41) is 28.9. The van der Waals surface area contributed by atoms with Gasteiger partial charge in [-0.25, -0.2) is 34.5 Å². The number of carboxylic acids is 2. The Bertz CT molecular complexity index is 1520. The monoisotopic (exact) mass is 491 g/mol. The number of nitriles is 1. The van der Waals surface area contributed by atoms with Crippen LogP contribution in [0, 0.1) is 24.1 Å². The molecule has 0 atom stereocenters. The fourth-order valence-electron chi connectivity index (χ4n) is 3.05. The first-order valence-electron chi connectivity index (χ1n) is 10.0. The normalized spacial score (nSPS) is 10.1. The molecule has 6 N–H and O–H groups in total. The van der Waals surface area contributed by atoms with E-state index in [1.54, 1.807) is 6.07 Å². The van der Waals surface area contributed by atoms with Gasteiger partial charge >= 0.3 is 11.9 Å². The summed E-state index contributed by atoms with van der Waals surface area (Å²) < 4.78 is 15.2. The highest BCUT2D eigenvalue weighted by Crippen LogP contribution is 2.24. The van der Waals surface area contributed by atoms with E-state index in [0.717, 1.165) is 10.9 Å². The van der Waals surface area contributed by atoms with Gasteiger partial charge < -0.3 is 15.6 Å². The number of nitrogens with one attached hydrogen (secondary N) is 2. The van der Waals surface area contributed by atoms with E-state index >= 15 is 0 Å². The molecule has 3 heterocycles. The molecule has 0 spiro atoms. The first-order valence-corrected chi connectivity index (χ1v) is 10.0. The number of hydrogen-bond donors (Lipinski definition) is 5. The second kappa shape index (κ2) is 10.7. The average Bonchev–Trinajstić information content (AvgIpc) is 3.27. The fourth-order valence-corrected chi connectivity index (χ4v) is 3.05. The third kappa shape index (κ3) is 5.24. The Labute approximate surface area is 202 Å². The summed E-state index contributed by atoms with van der Waals surface area (Å²) in [6.07, 6.45) is 3.78. The number of hydrazine groups is 1. The van der Waals surface area contributed by atoms with Gasteiger partial charge in [0.1, 0.15) is 17.7 Å². The van der Waals surface area contributed by atoms with Gasteiger partial charge in [-0.05, 0) is 48.4 Å². The van der Waals surface area contributed by atoms with Gasteiger partial charge in [-0.2, -0.15) is 5.26 Å². The van der Waals surface area contributed by atoms with E-state index in [0.29, 0.717) is 11.4 Å². The molecule has 36 heavy (non-hydrogen) atoms. The average molecular weight is 491 g/mol. The number of nitrogens with two attached hydrogens (primary N) is 1. The smallest absolute Gasteiger partial charge is 0.337 e. The van der Waals surface area contributed by atoms with Gasteiger partial charge in [0.15, 0.2) is 5.82 Å². The van der Waals surface area contributed by atoms with Crippen molar-refractivity contribution in [2.24, 2.45) is 5.84 Å². The Morgan fingerprint density at radius 1 is 1.06 bits per heavy atom. The maximum Gasteiger partial charge on any atom is 0.337 e. The van der Waals surface area contributed by atoms with Crippen molar-refractivity contribution in [2.75, 3.05) is 5.43 Å². The predicted molar refractivity (Wildman–Crippen MR) is 125 cm³/mol. The molecule has 0 bridgehead atoms. The minimum atomic E-state index is -1.12. The van der Waals surface area contributed by atoms with Gasteiger partial charge in [-0.3, -0.25) is 9.89 Å². The molecule has 1 aromatic carbocycles. The molecule has 0 aliphatic rings. The van der Waals surface area contributed by atoms with Crippen LogP contribution in [0.1, 0.15) is 31.8 Å². The van der Waals surface area contributed by atoms with Crippen LogP contribution in [0.4, 0.5) is 10.2 Å². The van der Waals surface area contributed by atoms with Crippen LogP contribution in [0.25, 0.3) is 16.9 Å². The second-order valence-corrected chi connectivity index (χ2v) is 7.13. The number of pyridine rings is 2. The minimum Gasteiger partial charge on any atom is -0.478 e. The lowest BCUT2D eigenvalue weighted by Gasteiger charge is -2.05. The van der Waals surface area contributed by atoms with Crippen molar-refractivity contribution < 1.29 is 24.2 Å². The highest BCUT2D eigenvalue weighted by atomic mass is 19.1. The second-order valence-electron chi connectivity index (χ2n) is 7.13. The number of halogens is 1. The van der Waals surface area contributed by atoms with Crippen molar-refractivity contribution in [1.29, 1.82) is 5.26 Å². The van der Waals surface area contributed by atoms with Crippen LogP contribution in [-0.4, -0.2) is 41.9 Å². The van der Waals surface area contributed by atoms with Gasteiger partial charge in [0.2, 0.25) is 0 Å². The molecule has 3 aromatic heterocycles. The lowest BCUT2D eigenvalue weighted by atomic mass is 10.0. The lowest BCUT2D eigenvalue weighted by molar-refractivity contribution is 0.0685. The van der Waals surface area contributed by atoms with Crippen LogP contribution in [0.2, 0.25) is 0 Å². The number of benzene rings is 1. The van der Waals surface area contributed by atoms with E-state index in [2.05, 4.69) is 20.5 Å². The predicted octanol–water partition coefficient (Wildman–Crippen LogP) is 2.31. The Morgan fingerprint density at radius 2 is 1.69 bits per heavy atom. The molecule has 4 rings (SSSR count). The van der Waals surface area contributed by atoms with E-state index in [1.165, 1.54) is 55.7 Å². The molecule has 182 valence electrons. The van der Waals surface area contributed by atoms with E-state index < -0.39 is 23.3 Å². The molecule has 13 heteroatoms. The number of anilines is 1. The van der Waals surface area contributed by atoms with Crippen LogP contribution < -0.4 is 16.8 Å². The Hall–Kier alpha value is -5.35. The van der Waals surface area contributed by atoms with Gasteiger partial charge in [-0.15, -0.1) is 0 Å². The zero-order valence-corrected chi connectivity index (χ0v) is 18.6. The van der Waals surface area contributed by atoms with E-state index in [-0.39, 0.29) is 33.6 Å². The van der Waals surface area contributed by atoms with Crippen molar-refractivity contribution in [1.82, 2.24) is 19.7 Å². The van der Waals surface area contributed by atoms with Gasteiger partial charge in [0, 0.05) is 18.6 Å². The van der Waals surface area contributed by atoms with E-state index in [1.807, 2.05) is 0 Å². The first kappa shape index (κ1) is 25.3. The number of aromatic amines is 1. The molecular formula is C23H18FN7O5. The number of nitrogens with zero attached hydrogens (tertiary/aromatic N) is 4. The highest BCUT2D eigenvalue weighted by Gasteiger charge is 2.17. The van der Waals surface area contributed by atoms with Crippen molar-refractivity contribution in [2.45, 2.75) is 6.92 Å². The van der Waals surface area contributed by atoms with Crippen LogP contribution >= 0.6 is 0 Å². The number of rotatable bonds is 5. The van der Waals surface area contributed by atoms with Crippen molar-refractivity contribution >= 4 is 17.8 Å². The number of H-pyrrole nitrogens is 1. The summed E-state index contributed by atoms with van der Waals surface area (Å²) in [6.45, 7) is 1.49. The summed E-state index contributed by atoms with van der Waals surface area (Å²) >= 11 is 0. The molecule has 0 fully saturated rings. The number of hydrogen-bond acceptors (Lipinski definition) is 8. The molecule has 0 unspecified atom stereocenters. The van der Waals surface area contributed by atoms with Crippen molar-refractivity contribution in [3.05, 3.63) is 93.4 Å². The lowest BCUT2D eigenvalue weighted by Crippen LogP contribution is -2.17. The number of aromatic carboxylic acids is 2. The van der Waals surface area contributed by atoms with Crippen molar-refractivity contribution in [3.8, 4) is 23.0 Å². The molecule has 0 aliphatic heterocycles. The standard InChI is InChI=1S/C17H11FN4O3.C6H7N3O2/c1-9-12(4-2-10(6-19)15(9)18)13-8-21-22(16(13)23)14-5-3-11(7-20-14)17(24)25;7-9-5-2-1-4(3-8-5)6(10)11/h2-5,7-8,21H,1H3,(H,24,25);1-3H,7H2,(H,8,9)(H,10,11). The van der Waals surface area contributed by atoms with Gasteiger partial charge in [0.25, 0.3) is 5.56 Å². The zero-order chi connectivity index (χ0) is 26.4. The topological polar surface area (TPSA) is 200 Å². The molecule has 4 aromatic rings. The maximum absolute atomic E-state index is 14.1. The summed E-state index contributed by atoms with van der Waals surface area (Å²) in [4.78, 5) is 41.4. The molecule has 0 amide bonds. The molecule has 0 saturated carbocycles. The van der Waals surface area contributed by atoms with Crippen LogP contribution in [0.3, 0.4) is 0 Å². The van der Waals surface area contributed by atoms with Crippen LogP contribution in [-0.2, 0) is 0 Å². The minimum absolute atomic E-state index is 0.00594. The largest absolute Gasteiger partial charge is 0.478 e. The van der Waals surface area contributed by atoms with E-state index in [4.69, 9.17) is 21.3 Å². The zero-order valence-electron chi connectivity index (χ0n) is 18.6. The number of carboxylic acid groups (broad SMARTS) is 2. The van der Waals surface area contributed by atoms with E-state index in [9.17, 15) is 18.8 Å². The van der Waals surface area contributed by atoms with Crippen molar-refractivity contribution in [3.63, 3.8) is 0 Å². The molecule has 0 saturated heterocycles. The third-order valence-corrected chi connectivity index (χ3v) is 4.95. The highest BCUT2D eigenvalue weighted by molar-refractivity contribution is 5.87. The number of aromatic nitrogens is 4. The fraction of sp³-hybridized carbons (Fsp3) is 0.0435. The maximum atomic E-state index is 14.1. The molecule has 0 aliphatic carbocycles. The summed E-state index contributed by atoms with van der Waals surface area (Å²) in [5.41, 5.74) is 2.63. The SMILES string of the molecule is Cc1c(-c2c[nH]n(-c3ccc(C(=O)O)cn3)c2=O)ccc(C#N)c1F.NNc1ccc(C(=O)O)cn1. The molecule has 12 nitrogen and oxygen atoms in total. The molecule has 0 radical (unpaired) electrons. The van der Waals surface area contributed by atoms with Gasteiger partial charge in [-0.1, -0.05) is 6.07 Å². The van der Waals surface area contributed by atoms with Crippen LogP contribution in [0.5, 0.6) is 0 Å².